The molecule has 0 bridgehead atoms. The van der Waals surface area contributed by atoms with Gasteiger partial charge in [-0.15, -0.1) is 0 Å². The molecule has 222 valence electrons. The fraction of sp³-hybridized carbons (Fsp3) is 0.640. The van der Waals surface area contributed by atoms with Gasteiger partial charge in [0, 0.05) is 32.6 Å². The van der Waals surface area contributed by atoms with Gasteiger partial charge >= 0.3 is 17.6 Å². The van der Waals surface area contributed by atoms with Crippen molar-refractivity contribution in [1.29, 1.82) is 0 Å². The van der Waals surface area contributed by atoms with Crippen LogP contribution in [0.2, 0.25) is 0 Å². The van der Waals surface area contributed by atoms with E-state index >= 15 is 0 Å². The lowest BCUT2D eigenvalue weighted by molar-refractivity contribution is -0.172. The molecule has 0 aliphatic carbocycles. The molecule has 1 saturated heterocycles. The Morgan fingerprint density at radius 3 is 2.50 bits per heavy atom. The van der Waals surface area contributed by atoms with Crippen LogP contribution in [0.1, 0.15) is 51.3 Å². The maximum Gasteiger partial charge on any atom is 0.337 e. The van der Waals surface area contributed by atoms with Crippen LogP contribution in [0.4, 0.5) is 0 Å². The number of aromatic amines is 1. The maximum absolute atomic E-state index is 12.2. The molecule has 0 saturated carbocycles. The van der Waals surface area contributed by atoms with E-state index in [1.807, 2.05) is 0 Å². The van der Waals surface area contributed by atoms with Crippen molar-refractivity contribution in [3.8, 4) is 11.8 Å². The molecule has 15 nitrogen and oxygen atoms in total. The number of carbonyl (C=O) groups is 3. The molecule has 0 radical (unpaired) electrons. The van der Waals surface area contributed by atoms with Gasteiger partial charge in [-0.2, -0.15) is 0 Å². The van der Waals surface area contributed by atoms with E-state index in [1.54, 1.807) is 0 Å². The first-order chi connectivity index (χ1) is 19.0. The number of H-pyrrole nitrogens is 1. The average Bonchev–Trinajstić information content (AvgIpc) is 3.18. The van der Waals surface area contributed by atoms with E-state index in [9.17, 15) is 39.3 Å². The number of nitrogens with zero attached hydrogens (tertiary/aromatic N) is 1. The molecule has 4 N–H and O–H groups in total. The number of aromatic nitrogens is 2. The summed E-state index contributed by atoms with van der Waals surface area (Å²) in [6.45, 7) is 1.76. The third-order valence-electron chi connectivity index (χ3n) is 5.55. The third kappa shape index (κ3) is 10.3. The van der Waals surface area contributed by atoms with Crippen molar-refractivity contribution in [3.63, 3.8) is 0 Å². The summed E-state index contributed by atoms with van der Waals surface area (Å²) >= 11 is 0. The minimum absolute atomic E-state index is 0.00866. The largest absolute Gasteiger partial charge is 0.463 e. The number of hydrogen-bond donors (Lipinski definition) is 4. The molecule has 0 amide bonds. The van der Waals surface area contributed by atoms with Crippen LogP contribution in [0.25, 0.3) is 0 Å². The number of aliphatic hydroxyl groups is 3. The Balaban J connectivity index is 1.83. The van der Waals surface area contributed by atoms with Gasteiger partial charge in [0.25, 0.3) is 5.56 Å². The zero-order chi connectivity index (χ0) is 29.7. The Hall–Kier alpha value is -3.39. The molecule has 1 aromatic heterocycles. The zero-order valence-electron chi connectivity index (χ0n) is 22.2. The van der Waals surface area contributed by atoms with Crippen molar-refractivity contribution in [1.82, 2.24) is 9.55 Å². The van der Waals surface area contributed by atoms with Crippen molar-refractivity contribution < 1.29 is 53.4 Å². The molecule has 15 heteroatoms. The summed E-state index contributed by atoms with van der Waals surface area (Å²) < 4.78 is 26.3. The third-order valence-corrected chi connectivity index (χ3v) is 5.55. The standard InChI is InChI=1S/C25H34N2O13/c1-15(29)11-18(24(34)39-14-36-9-10-37-16(2)30)38-8-6-4-3-5-7-17-12-27(25(35)26-22(17)33)23-21(32)20(31)19(13-28)40-23/h12,18-21,23,28,31-32H,3-4,6,8-11,13-14H2,1-2H3,(H,26,33,35)/t18?,19-,20-,21-,23-/m1/s1. The minimum Gasteiger partial charge on any atom is -0.463 e. The summed E-state index contributed by atoms with van der Waals surface area (Å²) in [5.41, 5.74) is -1.70. The first kappa shape index (κ1) is 32.8. The smallest absolute Gasteiger partial charge is 0.337 e. The molecule has 2 rings (SSSR count). The lowest BCUT2D eigenvalue weighted by atomic mass is 10.1. The SMILES string of the molecule is CC(=O)CC(OCCCCC#Cc1cn([C@@H]2O[C@H](CO)[C@@H](O)[C@H]2O)c(=O)[nH]c1=O)C(=O)OCOCCOC(C)=O. The maximum atomic E-state index is 12.2. The van der Waals surface area contributed by atoms with Gasteiger partial charge < -0.3 is 39.0 Å². The topological polar surface area (TPSA) is 213 Å². The molecular formula is C25H34N2O13. The van der Waals surface area contributed by atoms with Crippen LogP contribution in [0, 0.1) is 11.8 Å². The quantitative estimate of drug-likeness (QED) is 0.0787. The zero-order valence-corrected chi connectivity index (χ0v) is 22.2. The number of nitrogens with one attached hydrogen (secondary N) is 1. The van der Waals surface area contributed by atoms with Gasteiger partial charge in [-0.3, -0.25) is 23.9 Å². The minimum atomic E-state index is -1.51. The molecular weight excluding hydrogens is 536 g/mol. The molecule has 2 heterocycles. The van der Waals surface area contributed by atoms with Gasteiger partial charge in [-0.25, -0.2) is 9.59 Å². The Morgan fingerprint density at radius 1 is 1.10 bits per heavy atom. The predicted molar refractivity (Wildman–Crippen MR) is 134 cm³/mol. The highest BCUT2D eigenvalue weighted by atomic mass is 16.7. The highest BCUT2D eigenvalue weighted by Gasteiger charge is 2.43. The highest BCUT2D eigenvalue weighted by molar-refractivity contribution is 5.84. The van der Waals surface area contributed by atoms with Crippen molar-refractivity contribution in [2.24, 2.45) is 0 Å². The van der Waals surface area contributed by atoms with Crippen LogP contribution < -0.4 is 11.2 Å². The van der Waals surface area contributed by atoms with E-state index in [2.05, 4.69) is 21.6 Å². The number of rotatable bonds is 15. The van der Waals surface area contributed by atoms with Gasteiger partial charge in [0.15, 0.2) is 19.1 Å². The van der Waals surface area contributed by atoms with Gasteiger partial charge in [0.05, 0.1) is 13.2 Å². The molecule has 1 aliphatic rings. The van der Waals surface area contributed by atoms with Crippen molar-refractivity contribution in [2.75, 3.05) is 33.2 Å². The first-order valence-electron chi connectivity index (χ1n) is 12.5. The lowest BCUT2D eigenvalue weighted by Crippen LogP contribution is -2.38. The number of carbonyl (C=O) groups excluding carboxylic acids is 3. The van der Waals surface area contributed by atoms with E-state index in [4.69, 9.17) is 18.9 Å². The van der Waals surface area contributed by atoms with Crippen LogP contribution in [0.15, 0.2) is 15.8 Å². The number of Topliss-reactive ketones (excluding diaryl/α,β-unsaturated/α-hetero) is 1. The number of esters is 2. The van der Waals surface area contributed by atoms with Crippen LogP contribution in [0.3, 0.4) is 0 Å². The van der Waals surface area contributed by atoms with Gasteiger partial charge in [-0.1, -0.05) is 11.8 Å². The van der Waals surface area contributed by atoms with Crippen LogP contribution >= 0.6 is 0 Å². The van der Waals surface area contributed by atoms with Crippen LogP contribution in [-0.4, -0.2) is 100 Å². The summed E-state index contributed by atoms with van der Waals surface area (Å²) in [6, 6.07) is 0. The van der Waals surface area contributed by atoms with Gasteiger partial charge in [0.1, 0.15) is 36.3 Å². The van der Waals surface area contributed by atoms with Crippen molar-refractivity contribution >= 4 is 17.7 Å². The Bertz CT molecular complexity index is 1180. The number of unbranched alkanes of at least 4 members (excludes halogenated alkanes) is 2. The van der Waals surface area contributed by atoms with Crippen LogP contribution in [-0.2, 0) is 38.1 Å². The summed E-state index contributed by atoms with van der Waals surface area (Å²) in [5.74, 6) is 3.92. The van der Waals surface area contributed by atoms with E-state index in [0.29, 0.717) is 19.3 Å². The molecule has 0 spiro atoms. The lowest BCUT2D eigenvalue weighted by Gasteiger charge is -2.17. The highest BCUT2D eigenvalue weighted by Crippen LogP contribution is 2.27. The molecule has 1 fully saturated rings. The predicted octanol–water partition coefficient (Wildman–Crippen LogP) is -1.89. The molecule has 1 aliphatic heterocycles. The van der Waals surface area contributed by atoms with Crippen molar-refractivity contribution in [3.05, 3.63) is 32.6 Å². The molecule has 0 aromatic carbocycles. The monoisotopic (exact) mass is 570 g/mol. The molecule has 40 heavy (non-hydrogen) atoms. The summed E-state index contributed by atoms with van der Waals surface area (Å²) in [4.78, 5) is 60.8. The van der Waals surface area contributed by atoms with E-state index < -0.39 is 67.2 Å². The van der Waals surface area contributed by atoms with Crippen molar-refractivity contribution in [2.45, 2.75) is 70.2 Å². The normalized spacial score (nSPS) is 20.8. The second-order valence-corrected chi connectivity index (χ2v) is 8.79. The fourth-order valence-corrected chi connectivity index (χ4v) is 3.54. The van der Waals surface area contributed by atoms with E-state index in [-0.39, 0.29) is 37.6 Å². The Labute approximate surface area is 228 Å². The summed E-state index contributed by atoms with van der Waals surface area (Å²) in [6.07, 6.45) is -4.23. The Morgan fingerprint density at radius 2 is 1.85 bits per heavy atom. The number of ether oxygens (including phenoxy) is 5. The fourth-order valence-electron chi connectivity index (χ4n) is 3.54. The second-order valence-electron chi connectivity index (χ2n) is 8.79. The van der Waals surface area contributed by atoms with E-state index in [1.165, 1.54) is 13.8 Å². The van der Waals surface area contributed by atoms with E-state index in [0.717, 1.165) is 10.8 Å². The van der Waals surface area contributed by atoms with Gasteiger partial charge in [0.2, 0.25) is 0 Å². The summed E-state index contributed by atoms with van der Waals surface area (Å²) in [5, 5.41) is 29.3. The number of aliphatic hydroxyl groups excluding tert-OH is 3. The average molecular weight is 571 g/mol. The first-order valence-corrected chi connectivity index (χ1v) is 12.5. The Kier molecular flexibility index (Phi) is 13.7. The van der Waals surface area contributed by atoms with Crippen LogP contribution in [0.5, 0.6) is 0 Å². The summed E-state index contributed by atoms with van der Waals surface area (Å²) in [7, 11) is 0. The number of ketones is 1. The van der Waals surface area contributed by atoms with Gasteiger partial charge in [-0.05, 0) is 19.8 Å². The molecule has 5 atom stereocenters. The molecule has 1 unspecified atom stereocenters. The number of hydrogen-bond acceptors (Lipinski definition) is 13. The second kappa shape index (κ2) is 16.7. The molecule has 1 aromatic rings.